The maximum atomic E-state index is 3.85. The minimum Gasteiger partial charge on any atom is -0.313 e. The summed E-state index contributed by atoms with van der Waals surface area (Å²) in [6, 6.07) is 15.3. The summed E-state index contributed by atoms with van der Waals surface area (Å²) in [5, 5.41) is 5.89. The Balaban J connectivity index is 2.40. The fourth-order valence-corrected chi connectivity index (χ4v) is 2.01. The predicted octanol–water partition coefficient (Wildman–Crippen LogP) is 3.16. The first-order chi connectivity index (χ1) is 7.85. The second-order valence-corrected chi connectivity index (χ2v) is 3.97. The fraction of sp³-hybridized carbons (Fsp3) is 0.200. The second kappa shape index (κ2) is 4.95. The van der Waals surface area contributed by atoms with E-state index < -0.39 is 0 Å². The minimum atomic E-state index is 0.339. The molecule has 1 unspecified atom stereocenters. The molecule has 1 N–H and O–H groups in total. The maximum Gasteiger partial charge on any atom is 0.0285 e. The number of nitrogens with one attached hydrogen (secondary N) is 1. The van der Waals surface area contributed by atoms with E-state index in [1.165, 1.54) is 16.3 Å². The van der Waals surface area contributed by atoms with Gasteiger partial charge in [0.25, 0.3) is 0 Å². The van der Waals surface area contributed by atoms with Gasteiger partial charge in [0.15, 0.2) is 0 Å². The molecule has 82 valence electrons. The molecule has 1 nitrogen and oxygen atoms in total. The third-order valence-corrected chi connectivity index (χ3v) is 2.98. The van der Waals surface area contributed by atoms with Crippen molar-refractivity contribution in [2.24, 2.45) is 0 Å². The van der Waals surface area contributed by atoms with E-state index >= 15 is 0 Å². The van der Waals surface area contributed by atoms with Gasteiger partial charge >= 0.3 is 0 Å². The van der Waals surface area contributed by atoms with Crippen LogP contribution in [0.2, 0.25) is 0 Å². The second-order valence-electron chi connectivity index (χ2n) is 3.97. The van der Waals surface area contributed by atoms with E-state index in [0.717, 1.165) is 6.42 Å². The van der Waals surface area contributed by atoms with E-state index in [2.05, 4.69) is 54.4 Å². The molecular formula is C15H17N. The highest BCUT2D eigenvalue weighted by molar-refractivity contribution is 5.85. The van der Waals surface area contributed by atoms with Crippen LogP contribution in [0.4, 0.5) is 0 Å². The summed E-state index contributed by atoms with van der Waals surface area (Å²) in [6.07, 6.45) is 2.95. The standard InChI is InChI=1S/C15H17N/c1-3-14(16-2)11-13-9-6-8-12-7-4-5-10-15(12)13/h3-10,14,16H,1,11H2,2H3. The van der Waals surface area contributed by atoms with Crippen molar-refractivity contribution in [3.8, 4) is 0 Å². The Bertz CT molecular complexity index is 482. The Morgan fingerprint density at radius 3 is 2.69 bits per heavy atom. The van der Waals surface area contributed by atoms with Crippen LogP contribution in [0.15, 0.2) is 55.1 Å². The molecule has 1 heteroatoms. The van der Waals surface area contributed by atoms with Crippen molar-refractivity contribution in [2.75, 3.05) is 7.05 Å². The summed E-state index contributed by atoms with van der Waals surface area (Å²) < 4.78 is 0. The molecule has 0 saturated heterocycles. The molecule has 0 fully saturated rings. The first kappa shape index (κ1) is 10.9. The van der Waals surface area contributed by atoms with Crippen LogP contribution in [0.3, 0.4) is 0 Å². The molecule has 0 heterocycles. The monoisotopic (exact) mass is 211 g/mol. The van der Waals surface area contributed by atoms with Gasteiger partial charge < -0.3 is 5.32 Å². The normalized spacial score (nSPS) is 12.6. The van der Waals surface area contributed by atoms with E-state index in [1.807, 2.05) is 13.1 Å². The van der Waals surface area contributed by atoms with Crippen LogP contribution in [-0.2, 0) is 6.42 Å². The van der Waals surface area contributed by atoms with E-state index in [-0.39, 0.29) is 0 Å². The first-order valence-electron chi connectivity index (χ1n) is 5.61. The summed E-state index contributed by atoms with van der Waals surface area (Å²) in [4.78, 5) is 0. The Morgan fingerprint density at radius 1 is 1.19 bits per heavy atom. The van der Waals surface area contributed by atoms with E-state index in [9.17, 15) is 0 Å². The van der Waals surface area contributed by atoms with Gasteiger partial charge in [-0.1, -0.05) is 48.5 Å². The topological polar surface area (TPSA) is 12.0 Å². The number of hydrogen-bond donors (Lipinski definition) is 1. The third kappa shape index (κ3) is 2.15. The van der Waals surface area contributed by atoms with E-state index in [1.54, 1.807) is 0 Å². The van der Waals surface area contributed by atoms with Crippen molar-refractivity contribution in [3.05, 3.63) is 60.7 Å². The van der Waals surface area contributed by atoms with Gasteiger partial charge in [-0.25, -0.2) is 0 Å². The Labute approximate surface area is 96.8 Å². The van der Waals surface area contributed by atoms with Crippen molar-refractivity contribution in [2.45, 2.75) is 12.5 Å². The van der Waals surface area contributed by atoms with Gasteiger partial charge in [0.2, 0.25) is 0 Å². The average Bonchev–Trinajstić information content (AvgIpc) is 2.36. The summed E-state index contributed by atoms with van der Waals surface area (Å²) in [7, 11) is 1.97. The molecule has 1 atom stereocenters. The zero-order chi connectivity index (χ0) is 11.4. The summed E-state index contributed by atoms with van der Waals surface area (Å²) in [6.45, 7) is 3.85. The molecule has 0 aromatic heterocycles. The molecule has 0 amide bonds. The smallest absolute Gasteiger partial charge is 0.0285 e. The molecule has 2 aromatic carbocycles. The van der Waals surface area contributed by atoms with Gasteiger partial charge in [0.05, 0.1) is 0 Å². The molecule has 0 radical (unpaired) electrons. The highest BCUT2D eigenvalue weighted by Gasteiger charge is 2.05. The van der Waals surface area contributed by atoms with Crippen LogP contribution in [0.25, 0.3) is 10.8 Å². The van der Waals surface area contributed by atoms with Gasteiger partial charge in [-0.15, -0.1) is 6.58 Å². The Hall–Kier alpha value is -1.60. The number of fused-ring (bicyclic) bond motifs is 1. The summed E-state index contributed by atoms with van der Waals surface area (Å²) in [5.41, 5.74) is 1.37. The zero-order valence-corrected chi connectivity index (χ0v) is 9.61. The number of rotatable bonds is 4. The maximum absolute atomic E-state index is 3.85. The lowest BCUT2D eigenvalue weighted by atomic mass is 9.99. The lowest BCUT2D eigenvalue weighted by Gasteiger charge is -2.13. The van der Waals surface area contributed by atoms with Crippen molar-refractivity contribution >= 4 is 10.8 Å². The molecule has 0 aliphatic carbocycles. The van der Waals surface area contributed by atoms with E-state index in [0.29, 0.717) is 6.04 Å². The van der Waals surface area contributed by atoms with Crippen molar-refractivity contribution in [1.82, 2.24) is 5.32 Å². The average molecular weight is 211 g/mol. The first-order valence-corrected chi connectivity index (χ1v) is 5.61. The van der Waals surface area contributed by atoms with Crippen LogP contribution in [-0.4, -0.2) is 13.1 Å². The van der Waals surface area contributed by atoms with Crippen LogP contribution in [0.1, 0.15) is 5.56 Å². The molecule has 2 rings (SSSR count). The Morgan fingerprint density at radius 2 is 1.94 bits per heavy atom. The quantitative estimate of drug-likeness (QED) is 0.766. The van der Waals surface area contributed by atoms with Crippen LogP contribution >= 0.6 is 0 Å². The van der Waals surface area contributed by atoms with E-state index in [4.69, 9.17) is 0 Å². The van der Waals surface area contributed by atoms with Crippen molar-refractivity contribution in [3.63, 3.8) is 0 Å². The SMILES string of the molecule is C=CC(Cc1cccc2ccccc12)NC. The largest absolute Gasteiger partial charge is 0.313 e. The lowest BCUT2D eigenvalue weighted by Crippen LogP contribution is -2.24. The molecular weight excluding hydrogens is 194 g/mol. The lowest BCUT2D eigenvalue weighted by molar-refractivity contribution is 0.668. The summed E-state index contributed by atoms with van der Waals surface area (Å²) in [5.74, 6) is 0. The van der Waals surface area contributed by atoms with Gasteiger partial charge in [0, 0.05) is 6.04 Å². The number of likely N-dealkylation sites (N-methyl/N-ethyl adjacent to an activating group) is 1. The third-order valence-electron chi connectivity index (χ3n) is 2.98. The van der Waals surface area contributed by atoms with Gasteiger partial charge in [-0.3, -0.25) is 0 Å². The molecule has 2 aromatic rings. The van der Waals surface area contributed by atoms with Crippen molar-refractivity contribution < 1.29 is 0 Å². The van der Waals surface area contributed by atoms with Crippen LogP contribution in [0.5, 0.6) is 0 Å². The highest BCUT2D eigenvalue weighted by Crippen LogP contribution is 2.19. The van der Waals surface area contributed by atoms with Crippen molar-refractivity contribution in [1.29, 1.82) is 0 Å². The van der Waals surface area contributed by atoms with Gasteiger partial charge in [-0.05, 0) is 29.8 Å². The Kier molecular flexibility index (Phi) is 3.37. The molecule has 0 saturated carbocycles. The van der Waals surface area contributed by atoms with Gasteiger partial charge in [0.1, 0.15) is 0 Å². The number of benzene rings is 2. The molecule has 0 spiro atoms. The van der Waals surface area contributed by atoms with Crippen LogP contribution < -0.4 is 5.32 Å². The zero-order valence-electron chi connectivity index (χ0n) is 9.61. The summed E-state index contributed by atoms with van der Waals surface area (Å²) >= 11 is 0. The fourth-order valence-electron chi connectivity index (χ4n) is 2.01. The molecule has 0 bridgehead atoms. The minimum absolute atomic E-state index is 0.339. The highest BCUT2D eigenvalue weighted by atomic mass is 14.9. The number of hydrogen-bond acceptors (Lipinski definition) is 1. The van der Waals surface area contributed by atoms with Gasteiger partial charge in [-0.2, -0.15) is 0 Å². The predicted molar refractivity (Wildman–Crippen MR) is 70.7 cm³/mol. The molecule has 16 heavy (non-hydrogen) atoms. The molecule has 0 aliphatic heterocycles. The molecule has 0 aliphatic rings. The van der Waals surface area contributed by atoms with Crippen LogP contribution in [0, 0.1) is 0 Å².